The summed E-state index contributed by atoms with van der Waals surface area (Å²) in [6.45, 7) is 6.78. The molecule has 0 aliphatic carbocycles. The number of aromatic nitrogens is 1. The third kappa shape index (κ3) is 24.5. The fourth-order valence-electron chi connectivity index (χ4n) is 9.74. The number of hydrazine groups is 1. The lowest BCUT2D eigenvalue weighted by atomic mass is 10.0. The molecule has 0 radical (unpaired) electrons. The lowest BCUT2D eigenvalue weighted by Crippen LogP contribution is -2.62. The number of carbonyl (C=O) groups excluding carboxylic acids is 11. The standard InChI is InChI=1S/C58H80N16O14.C2H4O2/c1-30(2)22-42(51(82)66-40(16-11-21-63-57(61)62-5)50(81)67-41(49(60)80)25-35-28-64-39-15-10-9-14-38(35)39)70-58(88)73-72-53(84)43(23-33-12-7-6-8-13-33)69-55(86)48(31(3)75)71-52(83)44(27-47(59)79)68-54(85)46-26-37(78)29-74(46)56(87)45(65-32(4)76)24-34-17-19-36(77)20-18-34;1-2(3)4/h6-10,12-15,17-20,28,30-31,37,40-46,48,64,75,77-78H,11,16,21-27,29H2,1-5H3,(H2,59,79)(H2,60,80)(H,65,76)(H,66,82)(H,67,81)(H,68,85)(H,69,86)(H,71,83)(H,72,84)(H3,61,62,63)(H2,70,73,88);1H3,(H,3,4)/t31-,37-,40+,41+,42+,43+,44+,45-,46+,48+;/m1./s1. The number of fused-ring (bicyclic) bond motifs is 1. The number of carboxylic acids is 1. The van der Waals surface area contributed by atoms with E-state index >= 15 is 0 Å². The Labute approximate surface area is 529 Å². The van der Waals surface area contributed by atoms with Crippen LogP contribution in [0.4, 0.5) is 4.79 Å². The molecule has 92 heavy (non-hydrogen) atoms. The van der Waals surface area contributed by atoms with Crippen LogP contribution in [0.5, 0.6) is 5.75 Å². The molecule has 500 valence electrons. The minimum absolute atomic E-state index is 0.0122. The van der Waals surface area contributed by atoms with E-state index in [9.17, 15) is 68.1 Å². The van der Waals surface area contributed by atoms with E-state index in [1.54, 1.807) is 50.4 Å². The van der Waals surface area contributed by atoms with E-state index in [0.717, 1.165) is 29.7 Å². The summed E-state index contributed by atoms with van der Waals surface area (Å²) in [5, 5.41) is 59.9. The highest BCUT2D eigenvalue weighted by Crippen LogP contribution is 2.23. The van der Waals surface area contributed by atoms with Gasteiger partial charge in [-0.25, -0.2) is 10.2 Å². The van der Waals surface area contributed by atoms with Gasteiger partial charge in [0.1, 0.15) is 54.1 Å². The van der Waals surface area contributed by atoms with Crippen LogP contribution in [-0.2, 0) is 72.0 Å². The monoisotopic (exact) mass is 1280 g/mol. The SMILES string of the molecule is CC(=O)O.CN=C(N)NCCC[C@H](NC(=O)[C@H](CC(C)C)NC(=O)NNC(=O)[C@H](Cc1ccccc1)NC(=O)[C@@H](NC(=O)[C@H](CC(N)=O)NC(=O)[C@@H]1C[C@@H](O)CN1C(=O)[C@@H](Cc1ccc(O)cc1)NC(C)=O)[C@@H](C)O)C(=O)N[C@@H](Cc1c[nH]c2ccccc12)C(N)=O. The number of aromatic hydroxyl groups is 1. The van der Waals surface area contributed by atoms with Crippen LogP contribution in [0.1, 0.15) is 83.4 Å². The number of urea groups is 1. The van der Waals surface area contributed by atoms with Gasteiger partial charge in [-0.3, -0.25) is 63.2 Å². The summed E-state index contributed by atoms with van der Waals surface area (Å²) in [4.78, 5) is 166. The van der Waals surface area contributed by atoms with Gasteiger partial charge in [-0.05, 0) is 67.0 Å². The summed E-state index contributed by atoms with van der Waals surface area (Å²) < 4.78 is 0. The van der Waals surface area contributed by atoms with Crippen molar-refractivity contribution in [2.45, 2.75) is 147 Å². The maximum absolute atomic E-state index is 14.1. The molecule has 1 aliphatic heterocycles. The molecule has 3 aromatic carbocycles. The number of aliphatic hydroxyl groups is 2. The number of carbonyl (C=O) groups is 12. The highest BCUT2D eigenvalue weighted by molar-refractivity contribution is 5.99. The number of hydrogen-bond donors (Lipinski definition) is 18. The van der Waals surface area contributed by atoms with Gasteiger partial charge in [0.15, 0.2) is 5.96 Å². The Hall–Kier alpha value is -10.4. The average molecular weight is 1290 g/mol. The summed E-state index contributed by atoms with van der Waals surface area (Å²) >= 11 is 0. The summed E-state index contributed by atoms with van der Waals surface area (Å²) in [5.41, 5.74) is 23.9. The third-order valence-electron chi connectivity index (χ3n) is 14.2. The zero-order valence-corrected chi connectivity index (χ0v) is 51.8. The van der Waals surface area contributed by atoms with E-state index in [1.807, 2.05) is 24.3 Å². The Morgan fingerprint density at radius 3 is 1.86 bits per heavy atom. The number of nitrogens with two attached hydrogens (primary N) is 3. The Morgan fingerprint density at radius 1 is 0.663 bits per heavy atom. The predicted octanol–water partition coefficient (Wildman–Crippen LogP) is -3.32. The summed E-state index contributed by atoms with van der Waals surface area (Å²) in [6, 6.07) is 8.44. The number of guanidine groups is 1. The summed E-state index contributed by atoms with van der Waals surface area (Å²) in [7, 11) is 1.48. The van der Waals surface area contributed by atoms with Crippen LogP contribution in [-0.4, -0.2) is 188 Å². The molecule has 32 nitrogen and oxygen atoms in total. The van der Waals surface area contributed by atoms with Crippen molar-refractivity contribution in [1.29, 1.82) is 0 Å². The molecule has 12 amide bonds. The Bertz CT molecular complexity index is 3250. The number of benzene rings is 3. The van der Waals surface area contributed by atoms with Crippen molar-refractivity contribution in [3.63, 3.8) is 0 Å². The first-order valence-electron chi connectivity index (χ1n) is 29.4. The normalized spacial score (nSPS) is 16.2. The number of likely N-dealkylation sites (tertiary alicyclic amines) is 1. The second kappa shape index (κ2) is 36.3. The van der Waals surface area contributed by atoms with Crippen molar-refractivity contribution in [1.82, 2.24) is 63.3 Å². The maximum Gasteiger partial charge on any atom is 0.334 e. The number of H-pyrrole nitrogens is 1. The minimum atomic E-state index is -1.89. The molecule has 21 N–H and O–H groups in total. The van der Waals surface area contributed by atoms with Gasteiger partial charge in [-0.15, -0.1) is 0 Å². The molecule has 4 aromatic rings. The van der Waals surface area contributed by atoms with Gasteiger partial charge in [0.2, 0.25) is 53.2 Å². The Morgan fingerprint density at radius 2 is 1.25 bits per heavy atom. The summed E-state index contributed by atoms with van der Waals surface area (Å²) in [6.07, 6.45) is -2.45. The van der Waals surface area contributed by atoms with Crippen LogP contribution >= 0.6 is 0 Å². The van der Waals surface area contributed by atoms with Gasteiger partial charge in [0, 0.05) is 76.8 Å². The van der Waals surface area contributed by atoms with Gasteiger partial charge in [-0.1, -0.05) is 74.5 Å². The van der Waals surface area contributed by atoms with E-state index in [4.69, 9.17) is 27.1 Å². The van der Waals surface area contributed by atoms with Gasteiger partial charge in [0.25, 0.3) is 11.9 Å². The van der Waals surface area contributed by atoms with Crippen molar-refractivity contribution >= 4 is 87.9 Å². The predicted molar refractivity (Wildman–Crippen MR) is 333 cm³/mol. The smallest absolute Gasteiger partial charge is 0.334 e. The van der Waals surface area contributed by atoms with E-state index in [1.165, 1.54) is 38.2 Å². The molecular weight excluding hydrogens is 1200 g/mol. The quantitative estimate of drug-likeness (QED) is 0.0105. The second-order valence-electron chi connectivity index (χ2n) is 22.3. The number of nitrogens with zero attached hydrogens (tertiary/aromatic N) is 2. The molecule has 10 atom stereocenters. The fraction of sp³-hybridized carbons (Fsp3) is 0.450. The molecule has 1 aromatic heterocycles. The molecule has 1 fully saturated rings. The molecule has 1 aliphatic rings. The van der Waals surface area contributed by atoms with Crippen molar-refractivity contribution in [3.05, 3.63) is 102 Å². The molecule has 2 heterocycles. The second-order valence-corrected chi connectivity index (χ2v) is 22.3. The van der Waals surface area contributed by atoms with Crippen molar-refractivity contribution in [2.24, 2.45) is 28.1 Å². The van der Waals surface area contributed by atoms with Gasteiger partial charge in [-0.2, -0.15) is 0 Å². The number of nitrogens with one attached hydrogen (secondary N) is 11. The highest BCUT2D eigenvalue weighted by Gasteiger charge is 2.43. The van der Waals surface area contributed by atoms with Crippen molar-refractivity contribution in [3.8, 4) is 5.75 Å². The Balaban J connectivity index is 0.00000438. The number of carboxylic acid groups (broad SMARTS) is 1. The number of hydrogen-bond acceptors (Lipinski definition) is 16. The Kier molecular flexibility index (Phi) is 29.3. The average Bonchev–Trinajstić information content (AvgIpc) is 2.76. The fourth-order valence-corrected chi connectivity index (χ4v) is 9.74. The van der Waals surface area contributed by atoms with Crippen LogP contribution in [0, 0.1) is 5.92 Å². The molecule has 1 saturated heterocycles. The molecule has 0 saturated carbocycles. The number of phenolic OH excluding ortho intramolecular Hbond substituents is 1. The molecular formula is C60H84N16O16. The minimum Gasteiger partial charge on any atom is -0.508 e. The van der Waals surface area contributed by atoms with Gasteiger partial charge >= 0.3 is 6.03 Å². The lowest BCUT2D eigenvalue weighted by molar-refractivity contribution is -0.142. The third-order valence-corrected chi connectivity index (χ3v) is 14.2. The number of amides is 12. The van der Waals surface area contributed by atoms with Crippen LogP contribution < -0.4 is 70.6 Å². The van der Waals surface area contributed by atoms with Crippen LogP contribution in [0.15, 0.2) is 90.1 Å². The molecule has 32 heteroatoms. The number of phenols is 1. The molecule has 5 rings (SSSR count). The van der Waals surface area contributed by atoms with Crippen LogP contribution in [0.2, 0.25) is 0 Å². The number of β-amino-alcohol motifs (C(OH)–C–C–N with tert-alkyl or cyclic N) is 1. The molecule has 0 unspecified atom stereocenters. The molecule has 0 spiro atoms. The zero-order valence-electron chi connectivity index (χ0n) is 51.8. The highest BCUT2D eigenvalue weighted by atomic mass is 16.4. The first kappa shape index (κ1) is 74.1. The van der Waals surface area contributed by atoms with Crippen molar-refractivity contribution in [2.75, 3.05) is 20.1 Å². The molecule has 0 bridgehead atoms. The summed E-state index contributed by atoms with van der Waals surface area (Å²) in [5.74, 6) is -10.3. The van der Waals surface area contributed by atoms with E-state index in [-0.39, 0.29) is 75.7 Å². The number of aliphatic imine (C=N–C) groups is 1. The lowest BCUT2D eigenvalue weighted by Gasteiger charge is -2.30. The van der Waals surface area contributed by atoms with Gasteiger partial charge < -0.3 is 90.0 Å². The largest absolute Gasteiger partial charge is 0.508 e. The first-order valence-corrected chi connectivity index (χ1v) is 29.4. The van der Waals surface area contributed by atoms with Crippen LogP contribution in [0.3, 0.4) is 0 Å². The van der Waals surface area contributed by atoms with E-state index in [2.05, 4.69) is 63.4 Å². The number of aromatic amines is 1. The van der Waals surface area contributed by atoms with Crippen molar-refractivity contribution < 1.29 is 78.0 Å². The van der Waals surface area contributed by atoms with E-state index < -0.39 is 138 Å². The van der Waals surface area contributed by atoms with Crippen LogP contribution in [0.25, 0.3) is 10.9 Å². The van der Waals surface area contributed by atoms with Gasteiger partial charge in [0.05, 0.1) is 18.6 Å². The number of primary amides is 2. The topological polar surface area (TPSA) is 516 Å². The number of rotatable bonds is 30. The van der Waals surface area contributed by atoms with E-state index in [0.29, 0.717) is 16.7 Å². The number of aliphatic carboxylic acids is 1. The maximum atomic E-state index is 14.1. The first-order chi connectivity index (χ1) is 43.5. The number of para-hydroxylation sites is 1. The zero-order chi connectivity index (χ0) is 68.4. The number of aliphatic hydroxyl groups excluding tert-OH is 2.